The highest BCUT2D eigenvalue weighted by Crippen LogP contribution is 2.21. The van der Waals surface area contributed by atoms with Gasteiger partial charge in [-0.25, -0.2) is 4.79 Å². The topological polar surface area (TPSA) is 55.4 Å². The van der Waals surface area contributed by atoms with Crippen molar-refractivity contribution in [2.75, 3.05) is 7.11 Å². The SMILES string of the molecule is COC(=O)c1ccc(C(=O)NC(C)c2cccc(Br)c2)s1. The van der Waals surface area contributed by atoms with Crippen molar-refractivity contribution >= 4 is 39.1 Å². The minimum atomic E-state index is -0.431. The monoisotopic (exact) mass is 367 g/mol. The Bertz CT molecular complexity index is 668. The third kappa shape index (κ3) is 3.92. The number of methoxy groups -OCH3 is 1. The molecule has 0 radical (unpaired) electrons. The number of esters is 1. The van der Waals surface area contributed by atoms with E-state index in [4.69, 9.17) is 0 Å². The van der Waals surface area contributed by atoms with Crippen LogP contribution in [0.25, 0.3) is 0 Å². The van der Waals surface area contributed by atoms with E-state index in [-0.39, 0.29) is 11.9 Å². The second kappa shape index (κ2) is 6.87. The van der Waals surface area contributed by atoms with Crippen LogP contribution in [-0.2, 0) is 4.74 Å². The normalized spacial score (nSPS) is 11.8. The molecule has 0 fully saturated rings. The van der Waals surface area contributed by atoms with Gasteiger partial charge in [-0.15, -0.1) is 11.3 Å². The van der Waals surface area contributed by atoms with Crippen molar-refractivity contribution in [2.24, 2.45) is 0 Å². The standard InChI is InChI=1S/C15H14BrNO3S/c1-9(10-4-3-5-11(16)8-10)17-14(18)12-6-7-13(21-12)15(19)20-2/h3-9H,1-2H3,(H,17,18). The molecule has 0 aliphatic rings. The second-order valence-electron chi connectivity index (χ2n) is 4.41. The van der Waals surface area contributed by atoms with Crippen LogP contribution in [0.5, 0.6) is 0 Å². The lowest BCUT2D eigenvalue weighted by Crippen LogP contribution is -2.25. The number of rotatable bonds is 4. The van der Waals surface area contributed by atoms with Crippen LogP contribution >= 0.6 is 27.3 Å². The van der Waals surface area contributed by atoms with Gasteiger partial charge in [0.25, 0.3) is 5.91 Å². The van der Waals surface area contributed by atoms with Gasteiger partial charge in [-0.2, -0.15) is 0 Å². The fraction of sp³-hybridized carbons (Fsp3) is 0.200. The third-order valence-corrected chi connectivity index (χ3v) is 4.47. The summed E-state index contributed by atoms with van der Waals surface area (Å²) in [6.07, 6.45) is 0. The van der Waals surface area contributed by atoms with Crippen molar-refractivity contribution in [3.8, 4) is 0 Å². The summed E-state index contributed by atoms with van der Waals surface area (Å²) in [6.45, 7) is 1.91. The van der Waals surface area contributed by atoms with E-state index in [1.165, 1.54) is 7.11 Å². The molecule has 0 aliphatic carbocycles. The predicted octanol–water partition coefficient (Wildman–Crippen LogP) is 3.79. The number of ether oxygens (including phenoxy) is 1. The van der Waals surface area contributed by atoms with Gasteiger partial charge in [-0.05, 0) is 36.8 Å². The van der Waals surface area contributed by atoms with Crippen molar-refractivity contribution < 1.29 is 14.3 Å². The molecule has 1 heterocycles. The zero-order valence-corrected chi connectivity index (χ0v) is 14.0. The summed E-state index contributed by atoms with van der Waals surface area (Å²) in [5.41, 5.74) is 1.00. The zero-order valence-electron chi connectivity index (χ0n) is 11.6. The number of amides is 1. The van der Waals surface area contributed by atoms with Crippen LogP contribution in [0.1, 0.15) is 37.9 Å². The highest BCUT2D eigenvalue weighted by molar-refractivity contribution is 9.10. The Hall–Kier alpha value is -1.66. The fourth-order valence-electron chi connectivity index (χ4n) is 1.80. The molecule has 1 unspecified atom stereocenters. The molecule has 6 heteroatoms. The summed E-state index contributed by atoms with van der Waals surface area (Å²) in [5.74, 6) is -0.637. The summed E-state index contributed by atoms with van der Waals surface area (Å²) in [7, 11) is 1.32. The molecule has 1 N–H and O–H groups in total. The van der Waals surface area contributed by atoms with E-state index in [1.807, 2.05) is 31.2 Å². The third-order valence-electron chi connectivity index (χ3n) is 2.91. The number of nitrogens with one attached hydrogen (secondary N) is 1. The lowest BCUT2D eigenvalue weighted by Gasteiger charge is -2.13. The minimum Gasteiger partial charge on any atom is -0.465 e. The molecule has 0 aliphatic heterocycles. The van der Waals surface area contributed by atoms with Gasteiger partial charge in [-0.3, -0.25) is 4.79 Å². The van der Waals surface area contributed by atoms with E-state index in [0.29, 0.717) is 9.75 Å². The van der Waals surface area contributed by atoms with Crippen LogP contribution in [-0.4, -0.2) is 19.0 Å². The molecule has 1 atom stereocenters. The molecular weight excluding hydrogens is 354 g/mol. The Morgan fingerprint density at radius 1 is 1.24 bits per heavy atom. The average molecular weight is 368 g/mol. The largest absolute Gasteiger partial charge is 0.465 e. The van der Waals surface area contributed by atoms with Crippen LogP contribution in [0.2, 0.25) is 0 Å². The van der Waals surface area contributed by atoms with Crippen molar-refractivity contribution in [3.63, 3.8) is 0 Å². The van der Waals surface area contributed by atoms with Crippen molar-refractivity contribution in [3.05, 3.63) is 56.2 Å². The molecule has 110 valence electrons. The van der Waals surface area contributed by atoms with Gasteiger partial charge in [0.2, 0.25) is 0 Å². The minimum absolute atomic E-state index is 0.126. The number of carbonyl (C=O) groups excluding carboxylic acids is 2. The number of hydrogen-bond donors (Lipinski definition) is 1. The molecule has 1 amide bonds. The van der Waals surface area contributed by atoms with Gasteiger partial charge >= 0.3 is 5.97 Å². The van der Waals surface area contributed by atoms with E-state index < -0.39 is 5.97 Å². The Morgan fingerprint density at radius 3 is 2.62 bits per heavy atom. The van der Waals surface area contributed by atoms with Crippen molar-refractivity contribution in [1.29, 1.82) is 0 Å². The summed E-state index contributed by atoms with van der Waals surface area (Å²) >= 11 is 4.52. The number of halogens is 1. The molecule has 4 nitrogen and oxygen atoms in total. The molecular formula is C15H14BrNO3S. The first-order chi connectivity index (χ1) is 10.0. The maximum absolute atomic E-state index is 12.2. The Balaban J connectivity index is 2.07. The van der Waals surface area contributed by atoms with Crippen LogP contribution in [0.4, 0.5) is 0 Å². The molecule has 0 saturated carbocycles. The quantitative estimate of drug-likeness (QED) is 0.836. The fourth-order valence-corrected chi connectivity index (χ4v) is 3.04. The molecule has 0 saturated heterocycles. The molecule has 1 aromatic heterocycles. The van der Waals surface area contributed by atoms with Gasteiger partial charge in [0, 0.05) is 4.47 Å². The zero-order chi connectivity index (χ0) is 15.4. The summed E-state index contributed by atoms with van der Waals surface area (Å²) in [6, 6.07) is 10.8. The van der Waals surface area contributed by atoms with E-state index in [2.05, 4.69) is 26.0 Å². The lowest BCUT2D eigenvalue weighted by atomic mass is 10.1. The maximum atomic E-state index is 12.2. The van der Waals surface area contributed by atoms with E-state index >= 15 is 0 Å². The Kier molecular flexibility index (Phi) is 5.14. The van der Waals surface area contributed by atoms with Crippen LogP contribution in [0, 0.1) is 0 Å². The van der Waals surface area contributed by atoms with Crippen molar-refractivity contribution in [1.82, 2.24) is 5.32 Å². The molecule has 21 heavy (non-hydrogen) atoms. The first-order valence-electron chi connectivity index (χ1n) is 6.25. The second-order valence-corrected chi connectivity index (χ2v) is 6.41. The van der Waals surface area contributed by atoms with Gasteiger partial charge in [0.1, 0.15) is 4.88 Å². The maximum Gasteiger partial charge on any atom is 0.348 e. The van der Waals surface area contributed by atoms with Gasteiger partial charge in [0.05, 0.1) is 18.0 Å². The average Bonchev–Trinajstić information content (AvgIpc) is 2.96. The van der Waals surface area contributed by atoms with Crippen LogP contribution in [0.3, 0.4) is 0 Å². The molecule has 2 aromatic rings. The first kappa shape index (κ1) is 15.7. The summed E-state index contributed by atoms with van der Waals surface area (Å²) < 4.78 is 5.59. The highest BCUT2D eigenvalue weighted by atomic mass is 79.9. The first-order valence-corrected chi connectivity index (χ1v) is 7.86. The number of hydrogen-bond acceptors (Lipinski definition) is 4. The number of carbonyl (C=O) groups is 2. The number of benzene rings is 1. The highest BCUT2D eigenvalue weighted by Gasteiger charge is 2.16. The predicted molar refractivity (Wildman–Crippen MR) is 85.7 cm³/mol. The van der Waals surface area contributed by atoms with Crippen molar-refractivity contribution in [2.45, 2.75) is 13.0 Å². The molecule has 1 aromatic carbocycles. The van der Waals surface area contributed by atoms with E-state index in [0.717, 1.165) is 21.4 Å². The van der Waals surface area contributed by atoms with Gasteiger partial charge in [0.15, 0.2) is 0 Å². The van der Waals surface area contributed by atoms with Gasteiger partial charge < -0.3 is 10.1 Å². The van der Waals surface area contributed by atoms with Crippen LogP contribution in [0.15, 0.2) is 40.9 Å². The summed E-state index contributed by atoms with van der Waals surface area (Å²) in [5, 5.41) is 2.91. The van der Waals surface area contributed by atoms with Gasteiger partial charge in [-0.1, -0.05) is 28.1 Å². The Morgan fingerprint density at radius 2 is 1.95 bits per heavy atom. The lowest BCUT2D eigenvalue weighted by molar-refractivity contribution is 0.0606. The van der Waals surface area contributed by atoms with E-state index in [1.54, 1.807) is 12.1 Å². The Labute approximate surface area is 135 Å². The molecule has 0 spiro atoms. The van der Waals surface area contributed by atoms with E-state index in [9.17, 15) is 9.59 Å². The number of thiophene rings is 1. The molecule has 0 bridgehead atoms. The molecule has 2 rings (SSSR count). The van der Waals surface area contributed by atoms with Crippen LogP contribution < -0.4 is 5.32 Å². The smallest absolute Gasteiger partial charge is 0.348 e. The summed E-state index contributed by atoms with van der Waals surface area (Å²) in [4.78, 5) is 24.5.